The lowest BCUT2D eigenvalue weighted by Gasteiger charge is -2.04. The van der Waals surface area contributed by atoms with E-state index in [-0.39, 0.29) is 11.4 Å². The van der Waals surface area contributed by atoms with Gasteiger partial charge in [0.1, 0.15) is 5.69 Å². The lowest BCUT2D eigenvalue weighted by molar-refractivity contribution is 0.0592. The molecule has 0 saturated carbocycles. The Labute approximate surface area is 94.2 Å². The third-order valence-electron chi connectivity index (χ3n) is 1.72. The Kier molecular flexibility index (Phi) is 3.79. The molecule has 6 heteroatoms. The van der Waals surface area contributed by atoms with E-state index in [9.17, 15) is 9.59 Å². The number of aromatic nitrogens is 1. The van der Waals surface area contributed by atoms with E-state index < -0.39 is 11.9 Å². The highest BCUT2D eigenvalue weighted by atomic mass is 79.9. The fourth-order valence-corrected chi connectivity index (χ4v) is 1.44. The highest BCUT2D eigenvalue weighted by Gasteiger charge is 2.16. The zero-order valence-electron chi connectivity index (χ0n) is 7.86. The Morgan fingerprint density at radius 2 is 2.20 bits per heavy atom. The van der Waals surface area contributed by atoms with Gasteiger partial charge in [-0.15, -0.1) is 0 Å². The number of carboxylic acids is 1. The molecule has 0 atom stereocenters. The van der Waals surface area contributed by atoms with Gasteiger partial charge in [-0.05, 0) is 11.6 Å². The largest absolute Gasteiger partial charge is 0.477 e. The summed E-state index contributed by atoms with van der Waals surface area (Å²) in [5.41, 5.74) is 0.432. The number of carbonyl (C=O) groups excluding carboxylic acids is 1. The smallest absolute Gasteiger partial charge is 0.356 e. The number of carboxylic acid groups (broad SMARTS) is 1. The van der Waals surface area contributed by atoms with Crippen LogP contribution in [0.2, 0.25) is 0 Å². The number of ether oxygens (including phenoxy) is 1. The highest BCUT2D eigenvalue weighted by Crippen LogP contribution is 2.12. The number of aromatic carboxylic acids is 1. The molecule has 0 aliphatic carbocycles. The number of hydrogen-bond acceptors (Lipinski definition) is 4. The predicted molar refractivity (Wildman–Crippen MR) is 55.2 cm³/mol. The van der Waals surface area contributed by atoms with E-state index in [0.717, 1.165) is 0 Å². The van der Waals surface area contributed by atoms with Gasteiger partial charge in [-0.2, -0.15) is 0 Å². The minimum atomic E-state index is -1.18. The average Bonchev–Trinajstić information content (AvgIpc) is 2.27. The summed E-state index contributed by atoms with van der Waals surface area (Å²) in [4.78, 5) is 25.6. The van der Waals surface area contributed by atoms with Crippen molar-refractivity contribution in [2.45, 2.75) is 5.33 Å². The summed E-state index contributed by atoms with van der Waals surface area (Å²) >= 11 is 3.17. The number of hydrogen-bond donors (Lipinski definition) is 1. The van der Waals surface area contributed by atoms with Crippen molar-refractivity contribution in [2.75, 3.05) is 7.11 Å². The monoisotopic (exact) mass is 273 g/mol. The molecule has 80 valence electrons. The molecule has 15 heavy (non-hydrogen) atoms. The summed E-state index contributed by atoms with van der Waals surface area (Å²) in [6.07, 6.45) is 0. The summed E-state index contributed by atoms with van der Waals surface area (Å²) in [6, 6.07) is 2.86. The molecule has 1 aromatic heterocycles. The number of carbonyl (C=O) groups is 2. The van der Waals surface area contributed by atoms with E-state index in [1.165, 1.54) is 19.2 Å². The third kappa shape index (κ3) is 2.53. The minimum absolute atomic E-state index is 0.0225. The molecule has 1 N–H and O–H groups in total. The number of methoxy groups -OCH3 is 1. The first-order valence-corrected chi connectivity index (χ1v) is 5.09. The van der Waals surface area contributed by atoms with Gasteiger partial charge in [0.2, 0.25) is 0 Å². The van der Waals surface area contributed by atoms with Crippen LogP contribution in [0.25, 0.3) is 0 Å². The van der Waals surface area contributed by atoms with E-state index in [0.29, 0.717) is 10.9 Å². The van der Waals surface area contributed by atoms with Crippen LogP contribution in [0.1, 0.15) is 26.5 Å². The molecule has 0 aliphatic heterocycles. The van der Waals surface area contributed by atoms with Gasteiger partial charge in [-0.1, -0.05) is 22.0 Å². The average molecular weight is 274 g/mol. The van der Waals surface area contributed by atoms with Crippen LogP contribution in [0, 0.1) is 0 Å². The number of halogens is 1. The van der Waals surface area contributed by atoms with E-state index in [1.54, 1.807) is 0 Å². The molecular formula is C9H8BrNO4. The van der Waals surface area contributed by atoms with E-state index in [4.69, 9.17) is 5.11 Å². The van der Waals surface area contributed by atoms with Crippen LogP contribution in [0.15, 0.2) is 12.1 Å². The Morgan fingerprint density at radius 1 is 1.53 bits per heavy atom. The number of alkyl halides is 1. The van der Waals surface area contributed by atoms with Gasteiger partial charge in [0.25, 0.3) is 0 Å². The van der Waals surface area contributed by atoms with Crippen molar-refractivity contribution in [3.8, 4) is 0 Å². The van der Waals surface area contributed by atoms with Crippen LogP contribution in [0.5, 0.6) is 0 Å². The molecule has 0 aromatic carbocycles. The van der Waals surface area contributed by atoms with Crippen LogP contribution in [0.3, 0.4) is 0 Å². The summed E-state index contributed by atoms with van der Waals surface area (Å²) in [5.74, 6) is -1.83. The first-order chi connectivity index (χ1) is 7.10. The molecule has 5 nitrogen and oxygen atoms in total. The van der Waals surface area contributed by atoms with Crippen molar-refractivity contribution in [3.05, 3.63) is 29.1 Å². The van der Waals surface area contributed by atoms with Crippen molar-refractivity contribution in [1.29, 1.82) is 0 Å². The summed E-state index contributed by atoms with van der Waals surface area (Å²) < 4.78 is 4.50. The normalized spacial score (nSPS) is 9.73. The lowest BCUT2D eigenvalue weighted by atomic mass is 10.2. The van der Waals surface area contributed by atoms with Crippen LogP contribution >= 0.6 is 15.9 Å². The Bertz CT molecular complexity index is 405. The molecule has 1 rings (SSSR count). The fourth-order valence-electron chi connectivity index (χ4n) is 0.988. The van der Waals surface area contributed by atoms with Crippen molar-refractivity contribution >= 4 is 27.9 Å². The molecule has 0 aliphatic rings. The van der Waals surface area contributed by atoms with E-state index in [1.807, 2.05) is 0 Å². The number of pyridine rings is 1. The molecular weight excluding hydrogens is 266 g/mol. The van der Waals surface area contributed by atoms with Crippen molar-refractivity contribution in [1.82, 2.24) is 4.98 Å². The topological polar surface area (TPSA) is 76.5 Å². The van der Waals surface area contributed by atoms with Crippen LogP contribution in [-0.2, 0) is 10.1 Å². The molecule has 0 fully saturated rings. The van der Waals surface area contributed by atoms with Gasteiger partial charge in [0.15, 0.2) is 5.69 Å². The van der Waals surface area contributed by atoms with Crippen molar-refractivity contribution < 1.29 is 19.4 Å². The van der Waals surface area contributed by atoms with Gasteiger partial charge in [-0.3, -0.25) is 0 Å². The SMILES string of the molecule is COC(=O)c1nc(C(=O)O)ccc1CBr. The zero-order chi connectivity index (χ0) is 11.4. The molecule has 1 heterocycles. The van der Waals surface area contributed by atoms with Crippen molar-refractivity contribution in [3.63, 3.8) is 0 Å². The fraction of sp³-hybridized carbons (Fsp3) is 0.222. The molecule has 0 bridgehead atoms. The summed E-state index contributed by atoms with van der Waals surface area (Å²) in [5, 5.41) is 9.11. The zero-order valence-corrected chi connectivity index (χ0v) is 9.44. The molecule has 0 saturated heterocycles. The maximum atomic E-state index is 11.3. The maximum Gasteiger partial charge on any atom is 0.356 e. The van der Waals surface area contributed by atoms with E-state index >= 15 is 0 Å². The number of nitrogens with zero attached hydrogens (tertiary/aromatic N) is 1. The first-order valence-electron chi connectivity index (χ1n) is 3.97. The highest BCUT2D eigenvalue weighted by molar-refractivity contribution is 9.08. The van der Waals surface area contributed by atoms with Gasteiger partial charge in [-0.25, -0.2) is 14.6 Å². The van der Waals surface area contributed by atoms with Gasteiger partial charge in [0, 0.05) is 5.33 Å². The predicted octanol–water partition coefficient (Wildman–Crippen LogP) is 1.46. The summed E-state index contributed by atoms with van der Waals surface area (Å²) in [6.45, 7) is 0. The molecule has 1 aromatic rings. The van der Waals surface area contributed by atoms with Crippen LogP contribution < -0.4 is 0 Å². The van der Waals surface area contributed by atoms with Gasteiger partial charge >= 0.3 is 11.9 Å². The Hall–Kier alpha value is -1.43. The standard InChI is InChI=1S/C9H8BrNO4/c1-15-9(14)7-5(4-10)2-3-6(11-7)8(12)13/h2-3H,4H2,1H3,(H,12,13). The second-order valence-corrected chi connectivity index (χ2v) is 3.20. The minimum Gasteiger partial charge on any atom is -0.477 e. The second kappa shape index (κ2) is 4.88. The molecule has 0 spiro atoms. The number of rotatable bonds is 3. The third-order valence-corrected chi connectivity index (χ3v) is 2.32. The Morgan fingerprint density at radius 3 is 2.67 bits per heavy atom. The molecule has 0 radical (unpaired) electrons. The van der Waals surface area contributed by atoms with Crippen molar-refractivity contribution in [2.24, 2.45) is 0 Å². The molecule has 0 unspecified atom stereocenters. The summed E-state index contributed by atoms with van der Waals surface area (Å²) in [7, 11) is 1.22. The Balaban J connectivity index is 3.25. The van der Waals surface area contributed by atoms with Gasteiger partial charge < -0.3 is 9.84 Å². The van der Waals surface area contributed by atoms with Crippen LogP contribution in [0.4, 0.5) is 0 Å². The van der Waals surface area contributed by atoms with Gasteiger partial charge in [0.05, 0.1) is 7.11 Å². The maximum absolute atomic E-state index is 11.3. The number of esters is 1. The second-order valence-electron chi connectivity index (χ2n) is 2.63. The quantitative estimate of drug-likeness (QED) is 0.667. The molecule has 0 amide bonds. The van der Waals surface area contributed by atoms with Crippen LogP contribution in [-0.4, -0.2) is 29.1 Å². The lowest BCUT2D eigenvalue weighted by Crippen LogP contribution is -2.11. The first kappa shape index (κ1) is 11.6. The van der Waals surface area contributed by atoms with E-state index in [2.05, 4.69) is 25.7 Å².